The third kappa shape index (κ3) is 8.05. The van der Waals surface area contributed by atoms with Crippen molar-refractivity contribution in [1.29, 1.82) is 0 Å². The molecule has 0 aliphatic heterocycles. The highest BCUT2D eigenvalue weighted by Crippen LogP contribution is 2.44. The van der Waals surface area contributed by atoms with Crippen LogP contribution in [0.25, 0.3) is 0 Å². The molecule has 0 atom stereocenters. The third-order valence-corrected chi connectivity index (χ3v) is 10.6. The van der Waals surface area contributed by atoms with E-state index in [-0.39, 0.29) is 0 Å². The number of anilines is 4. The van der Waals surface area contributed by atoms with Crippen LogP contribution in [0.2, 0.25) is 0 Å². The largest absolute Gasteiger partial charge is 0.424 e. The summed E-state index contributed by atoms with van der Waals surface area (Å²) in [5.41, 5.74) is 6.66. The zero-order valence-corrected chi connectivity index (χ0v) is 29.8. The van der Waals surface area contributed by atoms with Crippen molar-refractivity contribution in [3.8, 4) is 11.5 Å². The molecule has 6 rings (SSSR count). The quantitative estimate of drug-likeness (QED) is 0.140. The van der Waals surface area contributed by atoms with Crippen LogP contribution in [0.4, 0.5) is 32.3 Å². The first-order chi connectivity index (χ1) is 24.3. The van der Waals surface area contributed by atoms with Crippen molar-refractivity contribution in [2.45, 2.75) is 37.5 Å². The first kappa shape index (κ1) is 34.4. The van der Waals surface area contributed by atoms with Crippen LogP contribution < -0.4 is 19.3 Å². The van der Waals surface area contributed by atoms with Crippen molar-refractivity contribution in [2.75, 3.05) is 9.80 Å². The highest BCUT2D eigenvalue weighted by Gasteiger charge is 2.23. The molecule has 6 nitrogen and oxygen atoms in total. The number of nitrogens with zero attached hydrogens (tertiary/aromatic N) is 2. The Morgan fingerprint density at radius 2 is 0.700 bits per heavy atom. The van der Waals surface area contributed by atoms with Gasteiger partial charge in [0.1, 0.15) is 11.5 Å². The van der Waals surface area contributed by atoms with Gasteiger partial charge in [0.25, 0.3) is 0 Å². The van der Waals surface area contributed by atoms with Crippen LogP contribution in [-0.4, -0.2) is 12.2 Å². The molecule has 0 aliphatic rings. The molecule has 0 aliphatic carbocycles. The van der Waals surface area contributed by atoms with Gasteiger partial charge in [-0.3, -0.25) is 0 Å². The molecular formula is C42H36N2O4S2. The fraction of sp³-hybridized carbons (Fsp3) is 0.0952. The van der Waals surface area contributed by atoms with Crippen molar-refractivity contribution in [2.24, 2.45) is 0 Å². The Morgan fingerprint density at radius 3 is 0.980 bits per heavy atom. The Morgan fingerprint density at radius 1 is 0.420 bits per heavy atom. The van der Waals surface area contributed by atoms with Gasteiger partial charge < -0.3 is 9.47 Å². The van der Waals surface area contributed by atoms with E-state index in [1.54, 1.807) is 31.4 Å². The second-order valence-corrected chi connectivity index (χ2v) is 13.9. The van der Waals surface area contributed by atoms with Crippen LogP contribution >= 0.6 is 21.6 Å². The Bertz CT molecular complexity index is 1860. The molecule has 0 unspecified atom stereocenters. The molecule has 0 saturated heterocycles. The first-order valence-electron chi connectivity index (χ1n) is 16.1. The van der Waals surface area contributed by atoms with Gasteiger partial charge in [0.15, 0.2) is 0 Å². The van der Waals surface area contributed by atoms with E-state index in [1.807, 2.05) is 173 Å². The Kier molecular flexibility index (Phi) is 10.9. The number of carbonyl (C=O) groups excluding carboxylic acids is 2. The normalized spacial score (nSPS) is 10.7. The van der Waals surface area contributed by atoms with Gasteiger partial charge in [0.05, 0.1) is 22.7 Å². The topological polar surface area (TPSA) is 59.1 Å². The summed E-state index contributed by atoms with van der Waals surface area (Å²) in [6.07, 6.45) is -1.00. The molecule has 0 aromatic heterocycles. The number of rotatable bonds is 9. The second kappa shape index (κ2) is 15.8. The van der Waals surface area contributed by atoms with Crippen LogP contribution in [0.3, 0.4) is 0 Å². The van der Waals surface area contributed by atoms with Gasteiger partial charge in [-0.15, -0.1) is 0 Å². The smallest absolute Gasteiger partial charge is 0.409 e. The molecule has 50 heavy (non-hydrogen) atoms. The molecule has 0 spiro atoms. The number of carbonyl (C=O) groups is 2. The SMILES string of the molecule is Cc1cc(C)c(SSc2cc(OC(=O)N(c3ccccc3)c3ccccc3)c(C)cc2C)cc1OC(=O)N(c1ccccc1)c1ccccc1. The van der Waals surface area contributed by atoms with E-state index in [9.17, 15) is 9.59 Å². The minimum absolute atomic E-state index is 0.484. The van der Waals surface area contributed by atoms with Gasteiger partial charge in [-0.05, 0) is 111 Å². The molecule has 0 bridgehead atoms. The minimum Gasteiger partial charge on any atom is -0.409 e. The van der Waals surface area contributed by atoms with Gasteiger partial charge in [-0.1, -0.05) is 107 Å². The number of hydrogen-bond acceptors (Lipinski definition) is 6. The number of para-hydroxylation sites is 4. The Hall–Kier alpha value is -5.44. The van der Waals surface area contributed by atoms with Crippen LogP contribution in [0, 0.1) is 27.7 Å². The molecule has 8 heteroatoms. The standard InChI is InChI=1S/C42H36N2O4S2/c1-29-25-31(3)39(27-37(29)47-41(45)43(33-17-9-5-10-18-33)34-19-11-6-12-20-34)49-50-40-28-38(30(2)26-32(40)4)48-42(46)44(35-21-13-7-14-22-35)36-23-15-8-16-24-36/h5-28H,1-4H3. The van der Waals surface area contributed by atoms with E-state index in [0.29, 0.717) is 34.2 Å². The van der Waals surface area contributed by atoms with Gasteiger partial charge in [0, 0.05) is 9.79 Å². The van der Waals surface area contributed by atoms with Crippen molar-refractivity contribution in [1.82, 2.24) is 0 Å². The average Bonchev–Trinajstić information content (AvgIpc) is 3.12. The van der Waals surface area contributed by atoms with Crippen LogP contribution in [-0.2, 0) is 0 Å². The van der Waals surface area contributed by atoms with Gasteiger partial charge >= 0.3 is 12.2 Å². The van der Waals surface area contributed by atoms with E-state index >= 15 is 0 Å². The Labute approximate surface area is 301 Å². The molecule has 250 valence electrons. The molecule has 0 N–H and O–H groups in total. The predicted octanol–water partition coefficient (Wildman–Crippen LogP) is 12.4. The van der Waals surface area contributed by atoms with Crippen LogP contribution in [0.5, 0.6) is 11.5 Å². The fourth-order valence-corrected chi connectivity index (χ4v) is 7.91. The summed E-state index contributed by atoms with van der Waals surface area (Å²) in [6.45, 7) is 7.95. The van der Waals surface area contributed by atoms with Crippen LogP contribution in [0.15, 0.2) is 155 Å². The van der Waals surface area contributed by atoms with Gasteiger partial charge in [0.2, 0.25) is 0 Å². The highest BCUT2D eigenvalue weighted by atomic mass is 33.1. The summed E-state index contributed by atoms with van der Waals surface area (Å²) in [5, 5.41) is 0. The Balaban J connectivity index is 1.22. The van der Waals surface area contributed by atoms with E-state index in [0.717, 1.165) is 32.0 Å². The molecule has 0 fully saturated rings. The molecule has 6 aromatic rings. The summed E-state index contributed by atoms with van der Waals surface area (Å²) in [4.78, 5) is 32.5. The van der Waals surface area contributed by atoms with Crippen molar-refractivity contribution in [3.05, 3.63) is 168 Å². The third-order valence-electron chi connectivity index (χ3n) is 7.98. The number of benzene rings is 6. The summed E-state index contributed by atoms with van der Waals surface area (Å²) in [7, 11) is 3.12. The molecule has 0 radical (unpaired) electrons. The minimum atomic E-state index is -0.501. The number of hydrogen-bond donors (Lipinski definition) is 0. The maximum Gasteiger partial charge on any atom is 0.424 e. The number of amides is 2. The fourth-order valence-electron chi connectivity index (χ4n) is 5.42. The molecule has 0 heterocycles. The highest BCUT2D eigenvalue weighted by molar-refractivity contribution is 8.76. The summed E-state index contributed by atoms with van der Waals surface area (Å²) in [5.74, 6) is 0.968. The van der Waals surface area contributed by atoms with Crippen molar-refractivity contribution in [3.63, 3.8) is 0 Å². The molecule has 6 aromatic carbocycles. The lowest BCUT2D eigenvalue weighted by Crippen LogP contribution is -2.29. The number of aryl methyl sites for hydroxylation is 4. The maximum atomic E-state index is 13.7. The lowest BCUT2D eigenvalue weighted by atomic mass is 10.1. The van der Waals surface area contributed by atoms with Crippen molar-refractivity contribution < 1.29 is 19.1 Å². The number of ether oxygens (including phenoxy) is 2. The molecular weight excluding hydrogens is 661 g/mol. The summed E-state index contributed by atoms with van der Waals surface area (Å²) >= 11 is 0. The van der Waals surface area contributed by atoms with E-state index in [4.69, 9.17) is 9.47 Å². The zero-order valence-electron chi connectivity index (χ0n) is 28.2. The molecule has 0 saturated carbocycles. The summed E-state index contributed by atoms with van der Waals surface area (Å²) in [6, 6.07) is 45.7. The van der Waals surface area contributed by atoms with Crippen LogP contribution in [0.1, 0.15) is 22.3 Å². The van der Waals surface area contributed by atoms with Crippen molar-refractivity contribution >= 4 is 56.5 Å². The maximum absolute atomic E-state index is 13.7. The second-order valence-electron chi connectivity index (χ2n) is 11.7. The van der Waals surface area contributed by atoms with Gasteiger partial charge in [-0.2, -0.15) is 0 Å². The zero-order chi connectivity index (χ0) is 35.0. The van der Waals surface area contributed by atoms with E-state index in [2.05, 4.69) is 0 Å². The lowest BCUT2D eigenvalue weighted by molar-refractivity contribution is 0.209. The summed E-state index contributed by atoms with van der Waals surface area (Å²) < 4.78 is 12.1. The van der Waals surface area contributed by atoms with E-state index in [1.165, 1.54) is 0 Å². The van der Waals surface area contributed by atoms with Gasteiger partial charge in [-0.25, -0.2) is 19.4 Å². The molecule has 2 amide bonds. The lowest BCUT2D eigenvalue weighted by Gasteiger charge is -2.23. The predicted molar refractivity (Wildman–Crippen MR) is 206 cm³/mol. The van der Waals surface area contributed by atoms with E-state index < -0.39 is 12.2 Å². The average molecular weight is 697 g/mol. The monoisotopic (exact) mass is 696 g/mol. The first-order valence-corrected chi connectivity index (χ1v) is 18.2.